The van der Waals surface area contributed by atoms with Gasteiger partial charge in [-0.15, -0.1) is 0 Å². The van der Waals surface area contributed by atoms with E-state index >= 15 is 0 Å². The van der Waals surface area contributed by atoms with Crippen LogP contribution in [0.15, 0.2) is 12.3 Å². The molecule has 0 N–H and O–H groups in total. The van der Waals surface area contributed by atoms with Crippen LogP contribution in [0.25, 0.3) is 0 Å². The molecular weight excluding hydrogens is 224 g/mol. The van der Waals surface area contributed by atoms with Gasteiger partial charge in [-0.1, -0.05) is 0 Å². The molecule has 1 aromatic heterocycles. The van der Waals surface area contributed by atoms with E-state index in [2.05, 4.69) is 41.7 Å². The Hall–Kier alpha value is -1.60. The van der Waals surface area contributed by atoms with Gasteiger partial charge in [0.25, 0.3) is 0 Å². The second kappa shape index (κ2) is 4.95. The summed E-state index contributed by atoms with van der Waals surface area (Å²) in [5.74, 6) is 0.837. The van der Waals surface area contributed by atoms with Crippen LogP contribution in [-0.2, 0) is 0 Å². The van der Waals surface area contributed by atoms with Crippen molar-refractivity contribution >= 4 is 5.82 Å². The minimum Gasteiger partial charge on any atom is -0.352 e. The predicted octanol–water partition coefficient (Wildman–Crippen LogP) is 1.79. The molecule has 0 bridgehead atoms. The molecule has 96 valence electrons. The Morgan fingerprint density at radius 2 is 1.94 bits per heavy atom. The fourth-order valence-corrected chi connectivity index (χ4v) is 2.50. The highest BCUT2D eigenvalue weighted by Crippen LogP contribution is 2.24. The number of likely N-dealkylation sites (N-methyl/N-ethyl adjacent to an activating group) is 1. The van der Waals surface area contributed by atoms with E-state index in [9.17, 15) is 5.26 Å². The van der Waals surface area contributed by atoms with Crippen molar-refractivity contribution < 1.29 is 0 Å². The van der Waals surface area contributed by atoms with Crippen molar-refractivity contribution in [2.45, 2.75) is 32.9 Å². The van der Waals surface area contributed by atoms with Crippen molar-refractivity contribution in [3.63, 3.8) is 0 Å². The monoisotopic (exact) mass is 244 g/mol. The summed E-state index contributed by atoms with van der Waals surface area (Å²) in [7, 11) is 2.15. The van der Waals surface area contributed by atoms with Gasteiger partial charge in [-0.2, -0.15) is 5.26 Å². The van der Waals surface area contributed by atoms with E-state index in [1.54, 1.807) is 6.20 Å². The van der Waals surface area contributed by atoms with Crippen LogP contribution in [0.5, 0.6) is 0 Å². The number of aromatic nitrogens is 1. The summed E-state index contributed by atoms with van der Waals surface area (Å²) in [5.41, 5.74) is 1.71. The molecule has 4 heteroatoms. The summed E-state index contributed by atoms with van der Waals surface area (Å²) in [6.07, 6.45) is 1.79. The van der Waals surface area contributed by atoms with Crippen LogP contribution in [0.1, 0.15) is 25.0 Å². The Balaban J connectivity index is 2.33. The molecule has 0 radical (unpaired) electrons. The van der Waals surface area contributed by atoms with Crippen molar-refractivity contribution in [2.24, 2.45) is 0 Å². The molecule has 18 heavy (non-hydrogen) atoms. The van der Waals surface area contributed by atoms with Gasteiger partial charge in [-0.25, -0.2) is 4.98 Å². The van der Waals surface area contributed by atoms with Crippen LogP contribution in [0.4, 0.5) is 5.82 Å². The number of rotatable bonds is 1. The van der Waals surface area contributed by atoms with Crippen molar-refractivity contribution in [1.82, 2.24) is 9.88 Å². The molecule has 2 atom stereocenters. The van der Waals surface area contributed by atoms with E-state index in [0.717, 1.165) is 24.5 Å². The summed E-state index contributed by atoms with van der Waals surface area (Å²) in [5, 5.41) is 9.29. The molecule has 1 aromatic rings. The summed E-state index contributed by atoms with van der Waals surface area (Å²) in [6.45, 7) is 8.24. The van der Waals surface area contributed by atoms with Crippen molar-refractivity contribution in [3.8, 4) is 6.07 Å². The highest BCUT2D eigenvalue weighted by atomic mass is 15.3. The number of nitriles is 1. The first kappa shape index (κ1) is 12.8. The van der Waals surface area contributed by atoms with Crippen molar-refractivity contribution in [3.05, 3.63) is 23.4 Å². The highest BCUT2D eigenvalue weighted by molar-refractivity contribution is 5.57. The molecule has 1 aliphatic rings. The largest absolute Gasteiger partial charge is 0.352 e. The number of nitrogens with zero attached hydrogens (tertiary/aromatic N) is 4. The first-order valence-electron chi connectivity index (χ1n) is 6.37. The van der Waals surface area contributed by atoms with Crippen molar-refractivity contribution in [2.75, 3.05) is 25.0 Å². The number of hydrogen-bond acceptors (Lipinski definition) is 4. The maximum Gasteiger partial charge on any atom is 0.146 e. The number of aryl methyl sites for hydroxylation is 1. The normalized spacial score (nSPS) is 24.9. The SMILES string of the molecule is Cc1ccnc(N2CC(C)N(C)C(C)C2)c1C#N. The Kier molecular flexibility index (Phi) is 3.53. The van der Waals surface area contributed by atoms with Gasteiger partial charge in [0.05, 0.1) is 5.56 Å². The van der Waals surface area contributed by atoms with Crippen molar-refractivity contribution in [1.29, 1.82) is 5.26 Å². The molecule has 0 saturated carbocycles. The van der Waals surface area contributed by atoms with Gasteiger partial charge in [-0.05, 0) is 39.4 Å². The fourth-order valence-electron chi connectivity index (χ4n) is 2.50. The predicted molar refractivity (Wildman–Crippen MR) is 72.6 cm³/mol. The van der Waals surface area contributed by atoms with Crippen LogP contribution in [0, 0.1) is 18.3 Å². The zero-order chi connectivity index (χ0) is 13.3. The molecule has 2 heterocycles. The maximum atomic E-state index is 9.29. The topological polar surface area (TPSA) is 43.2 Å². The molecule has 2 unspecified atom stereocenters. The number of hydrogen-bond donors (Lipinski definition) is 0. The van der Waals surface area contributed by atoms with Gasteiger partial charge in [0.2, 0.25) is 0 Å². The standard InChI is InChI=1S/C14H20N4/c1-10-5-6-16-14(13(10)7-15)18-8-11(2)17(4)12(3)9-18/h5-6,11-12H,8-9H2,1-4H3. The van der Waals surface area contributed by atoms with Gasteiger partial charge in [0.15, 0.2) is 0 Å². The first-order chi connectivity index (χ1) is 8.54. The van der Waals surface area contributed by atoms with E-state index in [-0.39, 0.29) is 0 Å². The molecular formula is C14H20N4. The lowest BCUT2D eigenvalue weighted by Gasteiger charge is -2.43. The fraction of sp³-hybridized carbons (Fsp3) is 0.571. The summed E-state index contributed by atoms with van der Waals surface area (Å²) in [4.78, 5) is 9.02. The number of piperazine rings is 1. The lowest BCUT2D eigenvalue weighted by molar-refractivity contribution is 0.169. The third-order valence-electron chi connectivity index (χ3n) is 3.91. The molecule has 1 fully saturated rings. The van der Waals surface area contributed by atoms with Crippen LogP contribution >= 0.6 is 0 Å². The van der Waals surface area contributed by atoms with Gasteiger partial charge in [-0.3, -0.25) is 4.90 Å². The first-order valence-corrected chi connectivity index (χ1v) is 6.37. The second-order valence-electron chi connectivity index (χ2n) is 5.21. The smallest absolute Gasteiger partial charge is 0.146 e. The Labute approximate surface area is 109 Å². The zero-order valence-electron chi connectivity index (χ0n) is 11.5. The minimum absolute atomic E-state index is 0.475. The Bertz CT molecular complexity index is 465. The lowest BCUT2D eigenvalue weighted by atomic mass is 10.1. The van der Waals surface area contributed by atoms with E-state index < -0.39 is 0 Å². The number of pyridine rings is 1. The van der Waals surface area contributed by atoms with Gasteiger partial charge < -0.3 is 4.90 Å². The molecule has 0 aliphatic carbocycles. The van der Waals surface area contributed by atoms with Gasteiger partial charge >= 0.3 is 0 Å². The van der Waals surface area contributed by atoms with Crippen LogP contribution < -0.4 is 4.90 Å². The average molecular weight is 244 g/mol. The summed E-state index contributed by atoms with van der Waals surface area (Å²) >= 11 is 0. The average Bonchev–Trinajstić information content (AvgIpc) is 2.35. The molecule has 1 aliphatic heterocycles. The van der Waals surface area contributed by atoms with E-state index in [1.807, 2.05) is 13.0 Å². The molecule has 0 spiro atoms. The molecule has 4 nitrogen and oxygen atoms in total. The Morgan fingerprint density at radius 3 is 2.50 bits per heavy atom. The summed E-state index contributed by atoms with van der Waals surface area (Å²) < 4.78 is 0. The Morgan fingerprint density at radius 1 is 1.33 bits per heavy atom. The van der Waals surface area contributed by atoms with Crippen LogP contribution in [-0.4, -0.2) is 42.1 Å². The number of anilines is 1. The van der Waals surface area contributed by atoms with Crippen LogP contribution in [0.3, 0.4) is 0 Å². The summed E-state index contributed by atoms with van der Waals surface area (Å²) in [6, 6.07) is 5.13. The minimum atomic E-state index is 0.475. The van der Waals surface area contributed by atoms with E-state index in [4.69, 9.17) is 0 Å². The van der Waals surface area contributed by atoms with Gasteiger partial charge in [0, 0.05) is 31.4 Å². The van der Waals surface area contributed by atoms with E-state index in [0.29, 0.717) is 17.6 Å². The third-order valence-corrected chi connectivity index (χ3v) is 3.91. The van der Waals surface area contributed by atoms with Crippen LogP contribution in [0.2, 0.25) is 0 Å². The second-order valence-corrected chi connectivity index (χ2v) is 5.21. The lowest BCUT2D eigenvalue weighted by Crippen LogP contribution is -2.55. The maximum absolute atomic E-state index is 9.29. The molecule has 0 amide bonds. The highest BCUT2D eigenvalue weighted by Gasteiger charge is 2.28. The quantitative estimate of drug-likeness (QED) is 0.755. The third kappa shape index (κ3) is 2.19. The molecule has 1 saturated heterocycles. The molecule has 2 rings (SSSR count). The van der Waals surface area contributed by atoms with Gasteiger partial charge in [0.1, 0.15) is 11.9 Å². The molecule has 0 aromatic carbocycles. The zero-order valence-corrected chi connectivity index (χ0v) is 11.5. The van der Waals surface area contributed by atoms with E-state index in [1.165, 1.54) is 0 Å².